The lowest BCUT2D eigenvalue weighted by Crippen LogP contribution is -2.24. The standard InChI is InChI=1S/C13H18FNO/c14-12-7-5-6-11(13(12)16)10-15-8-3-1-2-4-9-15/h5-7,16H,1-4,8-10H2. The molecule has 1 aliphatic rings. The second-order valence-corrected chi connectivity index (χ2v) is 4.44. The molecule has 2 rings (SSSR count). The molecule has 1 aliphatic heterocycles. The summed E-state index contributed by atoms with van der Waals surface area (Å²) >= 11 is 0. The van der Waals surface area contributed by atoms with Gasteiger partial charge in [-0.3, -0.25) is 4.90 Å². The summed E-state index contributed by atoms with van der Waals surface area (Å²) in [6.07, 6.45) is 4.98. The van der Waals surface area contributed by atoms with Crippen molar-refractivity contribution in [2.24, 2.45) is 0 Å². The molecule has 0 aliphatic carbocycles. The van der Waals surface area contributed by atoms with E-state index in [-0.39, 0.29) is 5.75 Å². The molecule has 1 aromatic carbocycles. The number of aromatic hydroxyl groups is 1. The van der Waals surface area contributed by atoms with Crippen LogP contribution in [0.15, 0.2) is 18.2 Å². The van der Waals surface area contributed by atoms with Gasteiger partial charge >= 0.3 is 0 Å². The molecule has 1 N–H and O–H groups in total. The molecule has 1 heterocycles. The van der Waals surface area contributed by atoms with E-state index in [1.54, 1.807) is 12.1 Å². The maximum absolute atomic E-state index is 13.1. The first kappa shape index (κ1) is 11.4. The Hall–Kier alpha value is -1.09. The van der Waals surface area contributed by atoms with Gasteiger partial charge in [0.1, 0.15) is 0 Å². The second kappa shape index (κ2) is 5.30. The van der Waals surface area contributed by atoms with Gasteiger partial charge in [0, 0.05) is 12.1 Å². The highest BCUT2D eigenvalue weighted by Gasteiger charge is 2.13. The van der Waals surface area contributed by atoms with Gasteiger partial charge in [0.15, 0.2) is 11.6 Å². The lowest BCUT2D eigenvalue weighted by Gasteiger charge is -2.20. The first-order valence-corrected chi connectivity index (χ1v) is 5.96. The summed E-state index contributed by atoms with van der Waals surface area (Å²) in [5.74, 6) is -0.709. The van der Waals surface area contributed by atoms with E-state index in [2.05, 4.69) is 4.90 Å². The second-order valence-electron chi connectivity index (χ2n) is 4.44. The van der Waals surface area contributed by atoms with E-state index in [1.807, 2.05) is 0 Å². The van der Waals surface area contributed by atoms with Crippen LogP contribution in [0.2, 0.25) is 0 Å². The maximum atomic E-state index is 13.1. The monoisotopic (exact) mass is 223 g/mol. The van der Waals surface area contributed by atoms with Crippen LogP contribution in [-0.2, 0) is 6.54 Å². The number of para-hydroxylation sites is 1. The molecule has 88 valence electrons. The van der Waals surface area contributed by atoms with Gasteiger partial charge in [-0.1, -0.05) is 25.0 Å². The smallest absolute Gasteiger partial charge is 0.165 e. The summed E-state index contributed by atoms with van der Waals surface area (Å²) in [6.45, 7) is 2.76. The van der Waals surface area contributed by atoms with Crippen LogP contribution in [-0.4, -0.2) is 23.1 Å². The van der Waals surface area contributed by atoms with Crippen LogP contribution >= 0.6 is 0 Å². The average Bonchev–Trinajstić information content (AvgIpc) is 2.53. The van der Waals surface area contributed by atoms with Gasteiger partial charge in [-0.25, -0.2) is 4.39 Å². The van der Waals surface area contributed by atoms with Crippen molar-refractivity contribution in [2.45, 2.75) is 32.2 Å². The Bertz CT molecular complexity index is 346. The van der Waals surface area contributed by atoms with E-state index in [0.717, 1.165) is 13.1 Å². The Morgan fingerprint density at radius 1 is 1.12 bits per heavy atom. The first-order valence-electron chi connectivity index (χ1n) is 5.96. The first-order chi connectivity index (χ1) is 7.77. The third kappa shape index (κ3) is 2.73. The van der Waals surface area contributed by atoms with Crippen LogP contribution in [0.25, 0.3) is 0 Å². The fourth-order valence-corrected chi connectivity index (χ4v) is 2.22. The molecule has 0 radical (unpaired) electrons. The summed E-state index contributed by atoms with van der Waals surface area (Å²) in [7, 11) is 0. The molecule has 0 amide bonds. The Morgan fingerprint density at radius 3 is 2.50 bits per heavy atom. The quantitative estimate of drug-likeness (QED) is 0.833. The number of rotatable bonds is 2. The van der Waals surface area contributed by atoms with Crippen molar-refractivity contribution in [3.05, 3.63) is 29.6 Å². The van der Waals surface area contributed by atoms with E-state index in [4.69, 9.17) is 0 Å². The third-order valence-corrected chi connectivity index (χ3v) is 3.16. The molecule has 1 aromatic rings. The predicted molar refractivity (Wildman–Crippen MR) is 61.8 cm³/mol. The summed E-state index contributed by atoms with van der Waals surface area (Å²) in [4.78, 5) is 2.29. The zero-order valence-corrected chi connectivity index (χ0v) is 9.45. The molecular weight excluding hydrogens is 205 g/mol. The van der Waals surface area contributed by atoms with Crippen LogP contribution in [0.4, 0.5) is 4.39 Å². The summed E-state index contributed by atoms with van der Waals surface area (Å²) < 4.78 is 13.1. The molecule has 16 heavy (non-hydrogen) atoms. The van der Waals surface area contributed by atoms with Crippen molar-refractivity contribution in [2.75, 3.05) is 13.1 Å². The van der Waals surface area contributed by atoms with Crippen LogP contribution in [0.1, 0.15) is 31.2 Å². The zero-order valence-electron chi connectivity index (χ0n) is 9.45. The van der Waals surface area contributed by atoms with Crippen LogP contribution in [0.3, 0.4) is 0 Å². The lowest BCUT2D eigenvalue weighted by atomic mass is 10.1. The molecule has 3 heteroatoms. The molecule has 1 fully saturated rings. The van der Waals surface area contributed by atoms with E-state index < -0.39 is 5.82 Å². The van der Waals surface area contributed by atoms with Crippen molar-refractivity contribution in [3.8, 4) is 5.75 Å². The molecule has 0 spiro atoms. The van der Waals surface area contributed by atoms with Gasteiger partial charge < -0.3 is 5.11 Å². The predicted octanol–water partition coefficient (Wildman–Crippen LogP) is 2.91. The lowest BCUT2D eigenvalue weighted by molar-refractivity contribution is 0.271. The zero-order chi connectivity index (χ0) is 11.4. The van der Waals surface area contributed by atoms with Crippen LogP contribution in [0.5, 0.6) is 5.75 Å². The minimum atomic E-state index is -0.521. The summed E-state index contributed by atoms with van der Waals surface area (Å²) in [5, 5.41) is 9.60. The minimum absolute atomic E-state index is 0.188. The highest BCUT2D eigenvalue weighted by molar-refractivity contribution is 5.33. The molecule has 0 atom stereocenters. The van der Waals surface area contributed by atoms with Crippen molar-refractivity contribution in [3.63, 3.8) is 0 Å². The molecule has 0 unspecified atom stereocenters. The van der Waals surface area contributed by atoms with Crippen LogP contribution in [0, 0.1) is 5.82 Å². The van der Waals surface area contributed by atoms with Gasteiger partial charge in [0.2, 0.25) is 0 Å². The number of nitrogens with zero attached hydrogens (tertiary/aromatic N) is 1. The average molecular weight is 223 g/mol. The highest BCUT2D eigenvalue weighted by atomic mass is 19.1. The fourth-order valence-electron chi connectivity index (χ4n) is 2.22. The number of benzene rings is 1. The Balaban J connectivity index is 2.04. The Kier molecular flexibility index (Phi) is 3.78. The Morgan fingerprint density at radius 2 is 1.81 bits per heavy atom. The summed E-state index contributed by atoms with van der Waals surface area (Å²) in [5.41, 5.74) is 0.696. The number of hydrogen-bond donors (Lipinski definition) is 1. The normalized spacial score (nSPS) is 18.3. The SMILES string of the molecule is Oc1c(F)cccc1CN1CCCCCC1. The van der Waals surface area contributed by atoms with Gasteiger partial charge in [0.05, 0.1) is 0 Å². The molecular formula is C13H18FNO. The molecule has 1 saturated heterocycles. The molecule has 0 saturated carbocycles. The molecule has 0 bridgehead atoms. The molecule has 2 nitrogen and oxygen atoms in total. The fraction of sp³-hybridized carbons (Fsp3) is 0.538. The van der Waals surface area contributed by atoms with Gasteiger partial charge in [-0.05, 0) is 32.0 Å². The highest BCUT2D eigenvalue weighted by Crippen LogP contribution is 2.23. The van der Waals surface area contributed by atoms with Gasteiger partial charge in [-0.2, -0.15) is 0 Å². The number of halogens is 1. The van der Waals surface area contributed by atoms with Gasteiger partial charge in [-0.15, -0.1) is 0 Å². The van der Waals surface area contributed by atoms with E-state index in [9.17, 15) is 9.50 Å². The van der Waals surface area contributed by atoms with Crippen LogP contribution < -0.4 is 0 Å². The molecule has 0 aromatic heterocycles. The Labute approximate surface area is 95.7 Å². The van der Waals surface area contributed by atoms with E-state index in [0.29, 0.717) is 12.1 Å². The third-order valence-electron chi connectivity index (χ3n) is 3.16. The summed E-state index contributed by atoms with van der Waals surface area (Å²) in [6, 6.07) is 4.74. The number of hydrogen-bond acceptors (Lipinski definition) is 2. The number of phenolic OH excluding ortho intramolecular Hbond substituents is 1. The number of phenols is 1. The van der Waals surface area contributed by atoms with Gasteiger partial charge in [0.25, 0.3) is 0 Å². The van der Waals surface area contributed by atoms with E-state index in [1.165, 1.54) is 31.7 Å². The van der Waals surface area contributed by atoms with E-state index >= 15 is 0 Å². The van der Waals surface area contributed by atoms with Crippen molar-refractivity contribution >= 4 is 0 Å². The van der Waals surface area contributed by atoms with Crippen molar-refractivity contribution in [1.29, 1.82) is 0 Å². The number of likely N-dealkylation sites (tertiary alicyclic amines) is 1. The topological polar surface area (TPSA) is 23.5 Å². The van der Waals surface area contributed by atoms with Crippen molar-refractivity contribution in [1.82, 2.24) is 4.90 Å². The largest absolute Gasteiger partial charge is 0.505 e. The van der Waals surface area contributed by atoms with Crippen molar-refractivity contribution < 1.29 is 9.50 Å². The minimum Gasteiger partial charge on any atom is -0.505 e. The maximum Gasteiger partial charge on any atom is 0.165 e.